The molecular weight excluding hydrogens is 293 g/mol. The molecule has 2 aromatic rings. The molecule has 4 rings (SSSR count). The molecule has 0 bridgehead atoms. The Morgan fingerprint density at radius 2 is 2.00 bits per heavy atom. The first-order valence-electron chi connectivity index (χ1n) is 7.63. The molecule has 3 nitrogen and oxygen atoms in total. The molecule has 0 aliphatic carbocycles. The summed E-state index contributed by atoms with van der Waals surface area (Å²) in [5.41, 5.74) is 4.29. The van der Waals surface area contributed by atoms with Gasteiger partial charge in [0.15, 0.2) is 0 Å². The summed E-state index contributed by atoms with van der Waals surface area (Å²) >= 11 is 0. The van der Waals surface area contributed by atoms with E-state index in [9.17, 15) is 9.18 Å². The summed E-state index contributed by atoms with van der Waals surface area (Å²) in [6, 6.07) is 10.7. The lowest BCUT2D eigenvalue weighted by atomic mass is 9.84. The summed E-state index contributed by atoms with van der Waals surface area (Å²) in [5, 5.41) is 0. The van der Waals surface area contributed by atoms with Crippen molar-refractivity contribution < 1.29 is 13.9 Å². The molecule has 0 saturated carbocycles. The highest BCUT2D eigenvalue weighted by Crippen LogP contribution is 2.32. The summed E-state index contributed by atoms with van der Waals surface area (Å²) in [6.07, 6.45) is 0.574. The number of hydrogen-bond acceptors (Lipinski definition) is 3. The van der Waals surface area contributed by atoms with Crippen LogP contribution in [0.5, 0.6) is 0 Å². The van der Waals surface area contributed by atoms with E-state index >= 15 is 0 Å². The van der Waals surface area contributed by atoms with Gasteiger partial charge in [-0.1, -0.05) is 18.2 Å². The van der Waals surface area contributed by atoms with E-state index in [4.69, 9.17) is 9.73 Å². The molecule has 4 heteroatoms. The van der Waals surface area contributed by atoms with E-state index in [0.29, 0.717) is 17.5 Å². The average molecular weight is 309 g/mol. The Kier molecular flexibility index (Phi) is 2.92. The highest BCUT2D eigenvalue weighted by Gasteiger charge is 2.30. The van der Waals surface area contributed by atoms with Gasteiger partial charge < -0.3 is 4.74 Å². The van der Waals surface area contributed by atoms with Gasteiger partial charge in [0, 0.05) is 23.1 Å². The average Bonchev–Trinajstić information content (AvgIpc) is 2.88. The first kappa shape index (κ1) is 14.1. The maximum atomic E-state index is 14.3. The standard InChI is InChI=1S/C19H16FNO2/c1-19(2)9-15-14(4-3-5-16(15)20)17(21-19)11-6-7-13-12(8-11)10-23-18(13)22/h3-8H,9-10H2,1-2H3. The van der Waals surface area contributed by atoms with Crippen LogP contribution in [-0.2, 0) is 17.8 Å². The fourth-order valence-corrected chi connectivity index (χ4v) is 3.30. The summed E-state index contributed by atoms with van der Waals surface area (Å²) in [5.74, 6) is -0.480. The Bertz CT molecular complexity index is 868. The van der Waals surface area contributed by atoms with Gasteiger partial charge in [0.1, 0.15) is 12.4 Å². The molecule has 0 fully saturated rings. The number of carbonyl (C=O) groups excluding carboxylic acids is 1. The second kappa shape index (κ2) is 4.75. The van der Waals surface area contributed by atoms with Crippen LogP contribution in [0.4, 0.5) is 4.39 Å². The van der Waals surface area contributed by atoms with Gasteiger partial charge in [0.2, 0.25) is 0 Å². The third-order valence-electron chi connectivity index (χ3n) is 4.36. The van der Waals surface area contributed by atoms with Crippen LogP contribution in [0.15, 0.2) is 41.4 Å². The van der Waals surface area contributed by atoms with Crippen LogP contribution in [0.25, 0.3) is 0 Å². The van der Waals surface area contributed by atoms with Crippen molar-refractivity contribution in [1.82, 2.24) is 0 Å². The van der Waals surface area contributed by atoms with Gasteiger partial charge in [-0.3, -0.25) is 4.99 Å². The number of fused-ring (bicyclic) bond motifs is 2. The zero-order valence-electron chi connectivity index (χ0n) is 13.0. The van der Waals surface area contributed by atoms with Crippen molar-refractivity contribution >= 4 is 11.7 Å². The lowest BCUT2D eigenvalue weighted by Gasteiger charge is -2.29. The first-order valence-corrected chi connectivity index (χ1v) is 7.63. The van der Waals surface area contributed by atoms with Crippen molar-refractivity contribution in [2.24, 2.45) is 4.99 Å². The van der Waals surface area contributed by atoms with Crippen molar-refractivity contribution in [1.29, 1.82) is 0 Å². The lowest BCUT2D eigenvalue weighted by Crippen LogP contribution is -2.30. The van der Waals surface area contributed by atoms with Crippen LogP contribution in [0.1, 0.15) is 46.5 Å². The fraction of sp³-hybridized carbons (Fsp3) is 0.263. The molecule has 0 radical (unpaired) electrons. The molecule has 2 heterocycles. The Morgan fingerprint density at radius 3 is 2.83 bits per heavy atom. The molecule has 0 spiro atoms. The molecule has 0 amide bonds. The fourth-order valence-electron chi connectivity index (χ4n) is 3.30. The predicted molar refractivity (Wildman–Crippen MR) is 85.4 cm³/mol. The van der Waals surface area contributed by atoms with Gasteiger partial charge in [-0.15, -0.1) is 0 Å². The number of halogens is 1. The van der Waals surface area contributed by atoms with Crippen molar-refractivity contribution in [3.63, 3.8) is 0 Å². The zero-order valence-corrected chi connectivity index (χ0v) is 13.0. The normalized spacial score (nSPS) is 18.0. The Labute approximate surface area is 133 Å². The monoisotopic (exact) mass is 309 g/mol. The van der Waals surface area contributed by atoms with E-state index in [2.05, 4.69) is 0 Å². The number of cyclic esters (lactones) is 1. The quantitative estimate of drug-likeness (QED) is 0.754. The number of carbonyl (C=O) groups is 1. The molecule has 0 N–H and O–H groups in total. The van der Waals surface area contributed by atoms with Crippen molar-refractivity contribution in [3.8, 4) is 0 Å². The highest BCUT2D eigenvalue weighted by atomic mass is 19.1. The largest absolute Gasteiger partial charge is 0.457 e. The van der Waals surface area contributed by atoms with Crippen molar-refractivity contribution in [2.45, 2.75) is 32.4 Å². The molecule has 2 aliphatic heterocycles. The van der Waals surface area contributed by atoms with Crippen LogP contribution in [0.3, 0.4) is 0 Å². The van der Waals surface area contributed by atoms with Gasteiger partial charge in [-0.05, 0) is 37.6 Å². The van der Waals surface area contributed by atoms with Crippen molar-refractivity contribution in [3.05, 3.63) is 70.0 Å². The third kappa shape index (κ3) is 2.25. The predicted octanol–water partition coefficient (Wildman–Crippen LogP) is 3.67. The minimum Gasteiger partial charge on any atom is -0.457 e. The van der Waals surface area contributed by atoms with Gasteiger partial charge in [0.05, 0.1) is 16.8 Å². The lowest BCUT2D eigenvalue weighted by molar-refractivity contribution is 0.0535. The van der Waals surface area contributed by atoms with E-state index in [-0.39, 0.29) is 23.9 Å². The molecular formula is C19H16FNO2. The second-order valence-corrected chi connectivity index (χ2v) is 6.66. The summed E-state index contributed by atoms with van der Waals surface area (Å²) < 4.78 is 19.3. The van der Waals surface area contributed by atoms with E-state index in [0.717, 1.165) is 22.4 Å². The highest BCUT2D eigenvalue weighted by molar-refractivity contribution is 6.15. The minimum atomic E-state index is -0.365. The van der Waals surface area contributed by atoms with Crippen LogP contribution >= 0.6 is 0 Å². The van der Waals surface area contributed by atoms with Gasteiger partial charge in [-0.25, -0.2) is 9.18 Å². The summed E-state index contributed by atoms with van der Waals surface area (Å²) in [7, 11) is 0. The van der Waals surface area contributed by atoms with E-state index in [1.165, 1.54) is 6.07 Å². The Balaban J connectivity index is 1.90. The van der Waals surface area contributed by atoms with Crippen LogP contribution < -0.4 is 0 Å². The van der Waals surface area contributed by atoms with Crippen LogP contribution in [0.2, 0.25) is 0 Å². The number of benzene rings is 2. The molecule has 2 aliphatic rings. The van der Waals surface area contributed by atoms with Crippen molar-refractivity contribution in [2.75, 3.05) is 0 Å². The maximum Gasteiger partial charge on any atom is 0.338 e. The molecule has 116 valence electrons. The summed E-state index contributed by atoms with van der Waals surface area (Å²) in [4.78, 5) is 16.4. The van der Waals surface area contributed by atoms with Gasteiger partial charge in [-0.2, -0.15) is 0 Å². The number of nitrogens with zero attached hydrogens (tertiary/aromatic N) is 1. The third-order valence-corrected chi connectivity index (χ3v) is 4.36. The molecule has 0 aromatic heterocycles. The zero-order chi connectivity index (χ0) is 16.2. The Morgan fingerprint density at radius 1 is 1.17 bits per heavy atom. The number of esters is 1. The number of ether oxygens (including phenoxy) is 1. The maximum absolute atomic E-state index is 14.3. The van der Waals surface area contributed by atoms with Crippen LogP contribution in [-0.4, -0.2) is 17.2 Å². The number of rotatable bonds is 1. The summed E-state index contributed by atoms with van der Waals surface area (Å²) in [6.45, 7) is 4.29. The SMILES string of the molecule is CC1(C)Cc2c(F)cccc2C(c2ccc3c(c2)COC3=O)=N1. The Hall–Kier alpha value is -2.49. The molecule has 23 heavy (non-hydrogen) atoms. The minimum absolute atomic E-state index is 0.192. The van der Waals surface area contributed by atoms with Gasteiger partial charge >= 0.3 is 5.97 Å². The first-order chi connectivity index (χ1) is 10.9. The van der Waals surface area contributed by atoms with E-state index in [1.54, 1.807) is 12.1 Å². The smallest absolute Gasteiger partial charge is 0.338 e. The molecule has 2 aromatic carbocycles. The molecule has 0 atom stereocenters. The van der Waals surface area contributed by atoms with E-state index < -0.39 is 0 Å². The number of aliphatic imine (C=N–C) groups is 1. The topological polar surface area (TPSA) is 38.7 Å². The number of hydrogen-bond donors (Lipinski definition) is 0. The van der Waals surface area contributed by atoms with Crippen LogP contribution in [0, 0.1) is 5.82 Å². The van der Waals surface area contributed by atoms with E-state index in [1.807, 2.05) is 32.0 Å². The second-order valence-electron chi connectivity index (χ2n) is 6.66. The van der Waals surface area contributed by atoms with Gasteiger partial charge in [0.25, 0.3) is 0 Å². The molecule has 0 unspecified atom stereocenters. The molecule has 0 saturated heterocycles.